The Bertz CT molecular complexity index is 1350. The van der Waals surface area contributed by atoms with Gasteiger partial charge in [-0.3, -0.25) is 9.88 Å². The van der Waals surface area contributed by atoms with Gasteiger partial charge in [0.1, 0.15) is 11.2 Å². The van der Waals surface area contributed by atoms with Crippen LogP contribution in [0.1, 0.15) is 57.2 Å². The number of nitriles is 1. The van der Waals surface area contributed by atoms with Gasteiger partial charge in [0.2, 0.25) is 0 Å². The second kappa shape index (κ2) is 7.49. The Labute approximate surface area is 203 Å². The molecule has 9 heteroatoms. The Balaban J connectivity index is 1.24. The van der Waals surface area contributed by atoms with E-state index in [1.54, 1.807) is 24.8 Å². The number of fused-ring (bicyclic) bond motifs is 1. The van der Waals surface area contributed by atoms with Gasteiger partial charge in [0.25, 0.3) is 0 Å². The predicted octanol–water partition coefficient (Wildman–Crippen LogP) is 3.90. The summed E-state index contributed by atoms with van der Waals surface area (Å²) in [6.45, 7) is 4.52. The first-order valence-electron chi connectivity index (χ1n) is 12.1. The lowest BCUT2D eigenvalue weighted by atomic mass is 9.69. The fourth-order valence-electron chi connectivity index (χ4n) is 5.85. The molecule has 2 atom stereocenters. The van der Waals surface area contributed by atoms with E-state index in [0.29, 0.717) is 35.0 Å². The van der Waals surface area contributed by atoms with Crippen molar-refractivity contribution >= 4 is 22.9 Å². The minimum atomic E-state index is -1.10. The Morgan fingerprint density at radius 1 is 1.20 bits per heavy atom. The van der Waals surface area contributed by atoms with E-state index in [1.807, 2.05) is 18.5 Å². The molecule has 1 saturated heterocycles. The number of aromatic nitrogens is 4. The molecule has 0 bridgehead atoms. The number of aliphatic hydroxyl groups is 1. The van der Waals surface area contributed by atoms with Crippen molar-refractivity contribution in [1.82, 2.24) is 19.5 Å². The fraction of sp³-hybridized carbons (Fsp3) is 0.500. The van der Waals surface area contributed by atoms with Crippen LogP contribution < -0.4 is 4.90 Å². The third-order valence-corrected chi connectivity index (χ3v) is 8.13. The standard InChI is InChI=1S/C26H28N6O3/c1-24(2,34)21-12-29-22(13-28-21)32-15-26(35-23(32)33)8-7-25(5-6-25)18(10-26)14-31-16-30-19-4-3-17(11-27)9-20(19)31/h3-4,9,12-13,16,18,34H,5-8,10,14-15H2,1-2H3/t18-,26-/m0/s1. The van der Waals surface area contributed by atoms with Crippen LogP contribution in [0.2, 0.25) is 0 Å². The smallest absolute Gasteiger partial charge is 0.416 e. The molecule has 6 rings (SSSR count). The number of amides is 1. The second-order valence-electron chi connectivity index (χ2n) is 10.9. The quantitative estimate of drug-likeness (QED) is 0.612. The molecule has 1 amide bonds. The zero-order valence-electron chi connectivity index (χ0n) is 19.9. The molecule has 9 nitrogen and oxygen atoms in total. The summed E-state index contributed by atoms with van der Waals surface area (Å²) in [6.07, 6.45) is 9.54. The van der Waals surface area contributed by atoms with Crippen molar-refractivity contribution in [2.45, 2.75) is 63.7 Å². The molecule has 0 unspecified atom stereocenters. The molecule has 180 valence electrons. The molecule has 2 aliphatic carbocycles. The third-order valence-electron chi connectivity index (χ3n) is 8.13. The molecule has 0 radical (unpaired) electrons. The molecule has 3 aromatic rings. The monoisotopic (exact) mass is 472 g/mol. The maximum absolute atomic E-state index is 12.9. The van der Waals surface area contributed by atoms with E-state index < -0.39 is 17.3 Å². The average Bonchev–Trinajstić information content (AvgIpc) is 3.41. The Morgan fingerprint density at radius 3 is 2.69 bits per heavy atom. The summed E-state index contributed by atoms with van der Waals surface area (Å²) in [7, 11) is 0. The maximum atomic E-state index is 12.9. The average molecular weight is 473 g/mol. The molecule has 1 N–H and O–H groups in total. The van der Waals surface area contributed by atoms with Gasteiger partial charge >= 0.3 is 6.09 Å². The summed E-state index contributed by atoms with van der Waals surface area (Å²) in [6, 6.07) is 7.79. The Kier molecular flexibility index (Phi) is 4.71. The van der Waals surface area contributed by atoms with Gasteiger partial charge in [-0.05, 0) is 75.5 Å². The van der Waals surface area contributed by atoms with Crippen molar-refractivity contribution in [3.8, 4) is 6.07 Å². The van der Waals surface area contributed by atoms with Gasteiger partial charge in [-0.15, -0.1) is 0 Å². The summed E-state index contributed by atoms with van der Waals surface area (Å²) >= 11 is 0. The zero-order valence-corrected chi connectivity index (χ0v) is 19.9. The van der Waals surface area contributed by atoms with E-state index in [0.717, 1.165) is 36.8 Å². The van der Waals surface area contributed by atoms with Crippen LogP contribution in [-0.4, -0.2) is 42.9 Å². The van der Waals surface area contributed by atoms with E-state index >= 15 is 0 Å². The van der Waals surface area contributed by atoms with Crippen LogP contribution in [0.25, 0.3) is 11.0 Å². The molecule has 1 aliphatic heterocycles. The summed E-state index contributed by atoms with van der Waals surface area (Å²) in [5, 5.41) is 19.5. The van der Waals surface area contributed by atoms with Gasteiger partial charge in [-0.1, -0.05) is 0 Å². The molecule has 2 spiro atoms. The Morgan fingerprint density at radius 2 is 2.00 bits per heavy atom. The Hall–Kier alpha value is -3.51. The number of imidazole rings is 1. The number of carbonyl (C=O) groups is 1. The van der Waals surface area contributed by atoms with Crippen LogP contribution in [0.3, 0.4) is 0 Å². The number of nitrogens with zero attached hydrogens (tertiary/aromatic N) is 6. The van der Waals surface area contributed by atoms with Crippen LogP contribution in [-0.2, 0) is 16.9 Å². The summed E-state index contributed by atoms with van der Waals surface area (Å²) in [5.74, 6) is 0.781. The predicted molar refractivity (Wildman–Crippen MR) is 127 cm³/mol. The summed E-state index contributed by atoms with van der Waals surface area (Å²) < 4.78 is 8.20. The van der Waals surface area contributed by atoms with Crippen LogP contribution >= 0.6 is 0 Å². The SMILES string of the molecule is CC(C)(O)c1cnc(N2C[C@@]3(CCC4(CC4)[C@H](Cn4cnc5ccc(C#N)cc54)C3)OC2=O)cn1. The molecular formula is C26H28N6O3. The first-order valence-corrected chi connectivity index (χ1v) is 12.1. The van der Waals surface area contributed by atoms with Gasteiger partial charge < -0.3 is 14.4 Å². The van der Waals surface area contributed by atoms with Crippen molar-refractivity contribution in [2.75, 3.05) is 11.4 Å². The summed E-state index contributed by atoms with van der Waals surface area (Å²) in [5.41, 5.74) is 1.56. The van der Waals surface area contributed by atoms with Crippen LogP contribution in [0.4, 0.5) is 10.6 Å². The molecule has 2 saturated carbocycles. The molecular weight excluding hydrogens is 444 g/mol. The normalized spacial score (nSPS) is 25.3. The highest BCUT2D eigenvalue weighted by molar-refractivity contribution is 5.89. The van der Waals surface area contributed by atoms with Crippen LogP contribution in [0, 0.1) is 22.7 Å². The lowest BCUT2D eigenvalue weighted by Gasteiger charge is -2.41. The minimum Gasteiger partial charge on any atom is -0.441 e. The number of rotatable bonds is 4. The van der Waals surface area contributed by atoms with E-state index in [9.17, 15) is 15.2 Å². The largest absolute Gasteiger partial charge is 0.441 e. The highest BCUT2D eigenvalue weighted by atomic mass is 16.6. The molecule has 3 fully saturated rings. The topological polar surface area (TPSA) is 117 Å². The number of hydrogen-bond acceptors (Lipinski definition) is 7. The van der Waals surface area contributed by atoms with Crippen LogP contribution in [0.5, 0.6) is 0 Å². The van der Waals surface area contributed by atoms with E-state index in [2.05, 4.69) is 25.6 Å². The third kappa shape index (κ3) is 3.73. The second-order valence-corrected chi connectivity index (χ2v) is 10.9. The number of ether oxygens (including phenoxy) is 1. The fourth-order valence-corrected chi connectivity index (χ4v) is 5.85. The van der Waals surface area contributed by atoms with Crippen molar-refractivity contribution in [3.63, 3.8) is 0 Å². The number of carbonyl (C=O) groups excluding carboxylic acids is 1. The van der Waals surface area contributed by atoms with Gasteiger partial charge in [0.15, 0.2) is 5.82 Å². The lowest BCUT2D eigenvalue weighted by Crippen LogP contribution is -2.44. The molecule has 35 heavy (non-hydrogen) atoms. The van der Waals surface area contributed by atoms with E-state index in [1.165, 1.54) is 25.2 Å². The highest BCUT2D eigenvalue weighted by Gasteiger charge is 2.59. The molecule has 3 aliphatic rings. The number of benzene rings is 1. The maximum Gasteiger partial charge on any atom is 0.416 e. The minimum absolute atomic E-state index is 0.294. The van der Waals surface area contributed by atoms with Gasteiger partial charge in [0.05, 0.1) is 53.6 Å². The van der Waals surface area contributed by atoms with Crippen LogP contribution in [0.15, 0.2) is 36.9 Å². The zero-order chi connectivity index (χ0) is 24.4. The first-order chi connectivity index (χ1) is 16.7. The van der Waals surface area contributed by atoms with Gasteiger partial charge in [0, 0.05) is 6.54 Å². The highest BCUT2D eigenvalue weighted by Crippen LogP contribution is 2.63. The van der Waals surface area contributed by atoms with Gasteiger partial charge in [-0.2, -0.15) is 5.26 Å². The van der Waals surface area contributed by atoms with Crippen molar-refractivity contribution in [1.29, 1.82) is 5.26 Å². The van der Waals surface area contributed by atoms with Crippen molar-refractivity contribution in [2.24, 2.45) is 11.3 Å². The van der Waals surface area contributed by atoms with Crippen molar-refractivity contribution in [3.05, 3.63) is 48.2 Å². The van der Waals surface area contributed by atoms with E-state index in [4.69, 9.17) is 4.74 Å². The lowest BCUT2D eigenvalue weighted by molar-refractivity contribution is -0.0230. The number of hydrogen-bond donors (Lipinski definition) is 1. The van der Waals surface area contributed by atoms with Crippen molar-refractivity contribution < 1.29 is 14.6 Å². The van der Waals surface area contributed by atoms with Gasteiger partial charge in [-0.25, -0.2) is 14.8 Å². The molecule has 3 heterocycles. The molecule has 1 aromatic carbocycles. The first kappa shape index (κ1) is 22.0. The number of anilines is 1. The molecule has 2 aromatic heterocycles. The summed E-state index contributed by atoms with van der Waals surface area (Å²) in [4.78, 5) is 27.7. The van der Waals surface area contributed by atoms with E-state index in [-0.39, 0.29) is 0 Å².